The average Bonchev–Trinajstić information content (AvgIpc) is 3.29. The number of amides is 2. The van der Waals surface area contributed by atoms with Crippen molar-refractivity contribution in [1.29, 1.82) is 0 Å². The second kappa shape index (κ2) is 11.6. The molecule has 1 unspecified atom stereocenters. The number of nitrogens with zero attached hydrogens (tertiary/aromatic N) is 2. The van der Waals surface area contributed by atoms with Crippen molar-refractivity contribution in [3.8, 4) is 0 Å². The number of aliphatic hydroxyl groups is 1. The molecule has 1 saturated heterocycles. The largest absolute Gasteiger partial charge is 0.394 e. The number of carbonyl (C=O) groups is 2. The van der Waals surface area contributed by atoms with Gasteiger partial charge in [0.1, 0.15) is 5.70 Å². The van der Waals surface area contributed by atoms with Gasteiger partial charge in [0.15, 0.2) is 0 Å². The minimum Gasteiger partial charge on any atom is -0.394 e. The van der Waals surface area contributed by atoms with E-state index in [0.29, 0.717) is 24.6 Å². The van der Waals surface area contributed by atoms with Crippen molar-refractivity contribution in [2.24, 2.45) is 5.92 Å². The highest BCUT2D eigenvalue weighted by Gasteiger charge is 2.33. The predicted octanol–water partition coefficient (Wildman–Crippen LogP) is 5.81. The Labute approximate surface area is 208 Å². The lowest BCUT2D eigenvalue weighted by molar-refractivity contribution is -0.135. The van der Waals surface area contributed by atoms with Crippen molar-refractivity contribution in [1.82, 2.24) is 9.80 Å². The molecule has 0 saturated carbocycles. The molecular weight excluding hydrogens is 444 g/mol. The van der Waals surface area contributed by atoms with Gasteiger partial charge in [0.2, 0.25) is 5.91 Å². The van der Waals surface area contributed by atoms with Crippen molar-refractivity contribution < 1.29 is 14.7 Å². The maximum absolute atomic E-state index is 13.1. The Morgan fingerprint density at radius 2 is 2.03 bits per heavy atom. The summed E-state index contributed by atoms with van der Waals surface area (Å²) in [6, 6.07) is -0.140. The zero-order valence-electron chi connectivity index (χ0n) is 20.6. The summed E-state index contributed by atoms with van der Waals surface area (Å²) in [6.07, 6.45) is 16.4. The Kier molecular flexibility index (Phi) is 8.54. The second-order valence-electron chi connectivity index (χ2n) is 10.1. The van der Waals surface area contributed by atoms with Crippen LogP contribution < -0.4 is 0 Å². The van der Waals surface area contributed by atoms with E-state index in [4.69, 9.17) is 0 Å². The van der Waals surface area contributed by atoms with Gasteiger partial charge in [-0.25, -0.2) is 0 Å². The fourth-order valence-corrected chi connectivity index (χ4v) is 6.14. The Hall–Kier alpha value is -2.05. The first kappa shape index (κ1) is 25.1. The van der Waals surface area contributed by atoms with Crippen molar-refractivity contribution >= 4 is 23.6 Å². The van der Waals surface area contributed by atoms with Crippen LogP contribution in [-0.2, 0) is 9.59 Å². The third-order valence-corrected chi connectivity index (χ3v) is 8.44. The first-order chi connectivity index (χ1) is 16.5. The molecule has 1 fully saturated rings. The van der Waals surface area contributed by atoms with Crippen LogP contribution in [-0.4, -0.2) is 45.9 Å². The summed E-state index contributed by atoms with van der Waals surface area (Å²) in [5.74, 6) is 0.531. The van der Waals surface area contributed by atoms with Crippen LogP contribution in [0.1, 0.15) is 78.1 Å². The molecular formula is C28H38N2O3S. The molecule has 34 heavy (non-hydrogen) atoms. The topological polar surface area (TPSA) is 60.9 Å². The number of unbranched alkanes of at least 4 members (excludes halogenated alkanes) is 1. The molecule has 1 N–H and O–H groups in total. The fourth-order valence-electron chi connectivity index (χ4n) is 5.53. The number of carbonyl (C=O) groups excluding carboxylic acids is 2. The lowest BCUT2D eigenvalue weighted by atomic mass is 9.80. The van der Waals surface area contributed by atoms with E-state index in [0.717, 1.165) is 44.9 Å². The molecule has 0 bridgehead atoms. The summed E-state index contributed by atoms with van der Waals surface area (Å²) >= 11 is 1.42. The maximum Gasteiger partial charge on any atom is 0.271 e. The van der Waals surface area contributed by atoms with Crippen LogP contribution in [0.3, 0.4) is 0 Å². The Morgan fingerprint density at radius 1 is 1.18 bits per heavy atom. The Bertz CT molecular complexity index is 959. The van der Waals surface area contributed by atoms with Crippen LogP contribution in [0, 0.1) is 5.92 Å². The minimum absolute atomic E-state index is 0.0200. The third kappa shape index (κ3) is 5.77. The van der Waals surface area contributed by atoms with Gasteiger partial charge in [-0.15, -0.1) is 11.8 Å². The van der Waals surface area contributed by atoms with E-state index in [1.807, 2.05) is 5.41 Å². The third-order valence-electron chi connectivity index (χ3n) is 7.80. The van der Waals surface area contributed by atoms with Crippen molar-refractivity contribution in [3.63, 3.8) is 0 Å². The van der Waals surface area contributed by atoms with Gasteiger partial charge in [-0.05, 0) is 81.3 Å². The molecule has 2 aliphatic carbocycles. The van der Waals surface area contributed by atoms with E-state index < -0.39 is 0 Å². The van der Waals surface area contributed by atoms with Crippen LogP contribution >= 0.6 is 11.8 Å². The summed E-state index contributed by atoms with van der Waals surface area (Å²) < 4.78 is 0. The van der Waals surface area contributed by atoms with Gasteiger partial charge in [-0.2, -0.15) is 0 Å². The smallest absolute Gasteiger partial charge is 0.271 e. The summed E-state index contributed by atoms with van der Waals surface area (Å²) in [4.78, 5) is 29.3. The van der Waals surface area contributed by atoms with Gasteiger partial charge in [-0.3, -0.25) is 14.5 Å². The van der Waals surface area contributed by atoms with Gasteiger partial charge >= 0.3 is 0 Å². The van der Waals surface area contributed by atoms with Crippen molar-refractivity contribution in [2.45, 2.75) is 84.1 Å². The molecule has 4 rings (SSSR count). The van der Waals surface area contributed by atoms with Gasteiger partial charge in [-0.1, -0.05) is 36.1 Å². The number of aliphatic hydroxyl groups excluding tert-OH is 1. The molecule has 5 nitrogen and oxygen atoms in total. The monoisotopic (exact) mass is 482 g/mol. The molecule has 0 aromatic heterocycles. The Balaban J connectivity index is 1.26. The first-order valence-electron chi connectivity index (χ1n) is 12.8. The van der Waals surface area contributed by atoms with E-state index in [2.05, 4.69) is 26.0 Å². The average molecular weight is 483 g/mol. The molecule has 2 amide bonds. The van der Waals surface area contributed by atoms with Crippen molar-refractivity contribution in [3.05, 3.63) is 57.2 Å². The SMILES string of the molecule is CC1=CCC2=C(C=C1C)CC(CCCCC(=O)N1C=CSC=C1C(=O)N1CCC[C@H]1CO)CC2. The zero-order valence-corrected chi connectivity index (χ0v) is 21.4. The Morgan fingerprint density at radius 3 is 2.85 bits per heavy atom. The van der Waals surface area contributed by atoms with E-state index >= 15 is 0 Å². The number of hydrogen-bond acceptors (Lipinski definition) is 4. The predicted molar refractivity (Wildman–Crippen MR) is 138 cm³/mol. The van der Waals surface area contributed by atoms with Crippen LogP contribution in [0.25, 0.3) is 0 Å². The highest BCUT2D eigenvalue weighted by molar-refractivity contribution is 8.05. The summed E-state index contributed by atoms with van der Waals surface area (Å²) in [6.45, 7) is 5.04. The normalized spacial score (nSPS) is 25.0. The number of rotatable bonds is 7. The maximum atomic E-state index is 13.1. The number of thioether (sulfide) groups is 1. The van der Waals surface area contributed by atoms with Gasteiger partial charge in [0, 0.05) is 24.6 Å². The van der Waals surface area contributed by atoms with Crippen molar-refractivity contribution in [2.75, 3.05) is 13.2 Å². The standard InChI is InChI=1S/C28H38N2O3S/c1-20-9-11-23-12-10-22(17-24(23)16-21(20)2)6-3-4-8-27(32)30-14-15-34-19-26(30)28(33)29-13-5-7-25(29)18-31/h9,14-16,19,22,25,31H,3-8,10-13,17-18H2,1-2H3/t22?,25-/m0/s1. The van der Waals surface area contributed by atoms with Crippen LogP contribution in [0.5, 0.6) is 0 Å². The lowest BCUT2D eigenvalue weighted by Crippen LogP contribution is -2.43. The number of allylic oxidation sites excluding steroid dienone is 6. The minimum atomic E-state index is -0.149. The quantitative estimate of drug-likeness (QED) is 0.465. The fraction of sp³-hybridized carbons (Fsp3) is 0.571. The second-order valence-corrected chi connectivity index (χ2v) is 10.8. The lowest BCUT2D eigenvalue weighted by Gasteiger charge is -2.29. The van der Waals surface area contributed by atoms with Gasteiger partial charge < -0.3 is 10.0 Å². The first-order valence-corrected chi connectivity index (χ1v) is 13.7. The number of hydrogen-bond donors (Lipinski definition) is 1. The van der Waals surface area contributed by atoms with E-state index in [1.54, 1.807) is 27.7 Å². The van der Waals surface area contributed by atoms with Crippen LogP contribution in [0.15, 0.2) is 57.2 Å². The zero-order chi connectivity index (χ0) is 24.1. The summed E-state index contributed by atoms with van der Waals surface area (Å²) in [7, 11) is 0. The van der Waals surface area contributed by atoms with E-state index in [9.17, 15) is 14.7 Å². The highest BCUT2D eigenvalue weighted by atomic mass is 32.2. The van der Waals surface area contributed by atoms with Gasteiger partial charge in [0.25, 0.3) is 5.91 Å². The summed E-state index contributed by atoms with van der Waals surface area (Å²) in [5.41, 5.74) is 6.37. The molecule has 2 aliphatic heterocycles. The molecule has 2 heterocycles. The molecule has 0 radical (unpaired) electrons. The molecule has 2 atom stereocenters. The highest BCUT2D eigenvalue weighted by Crippen LogP contribution is 2.37. The molecule has 6 heteroatoms. The molecule has 0 aromatic rings. The molecule has 0 spiro atoms. The van der Waals surface area contributed by atoms with E-state index in [1.165, 1.54) is 40.6 Å². The molecule has 184 valence electrons. The molecule has 0 aromatic carbocycles. The molecule has 4 aliphatic rings. The number of likely N-dealkylation sites (tertiary alicyclic amines) is 1. The van der Waals surface area contributed by atoms with E-state index in [-0.39, 0.29) is 24.5 Å². The summed E-state index contributed by atoms with van der Waals surface area (Å²) in [5, 5.41) is 13.2. The van der Waals surface area contributed by atoms with Crippen LogP contribution in [0.2, 0.25) is 0 Å². The van der Waals surface area contributed by atoms with Crippen LogP contribution in [0.4, 0.5) is 0 Å². The van der Waals surface area contributed by atoms with Gasteiger partial charge in [0.05, 0.1) is 12.6 Å².